The Kier molecular flexibility index (Phi) is 4.06. The predicted octanol–water partition coefficient (Wildman–Crippen LogP) is 0.490. The highest BCUT2D eigenvalue weighted by Gasteiger charge is 2.18. The number of carbonyl (C=O) groups excluding carboxylic acids is 2. The van der Waals surface area contributed by atoms with Gasteiger partial charge in [0.2, 0.25) is 11.8 Å². The average Bonchev–Trinajstić information content (AvgIpc) is 2.40. The van der Waals surface area contributed by atoms with Crippen molar-refractivity contribution in [1.82, 2.24) is 15.6 Å². The lowest BCUT2D eigenvalue weighted by Gasteiger charge is -2.22. The van der Waals surface area contributed by atoms with Gasteiger partial charge >= 0.3 is 0 Å². The molecule has 2 N–H and O–H groups in total. The van der Waals surface area contributed by atoms with Crippen LogP contribution >= 0.6 is 0 Å². The van der Waals surface area contributed by atoms with Gasteiger partial charge in [0.1, 0.15) is 0 Å². The second kappa shape index (κ2) is 5.95. The molecule has 1 saturated heterocycles. The van der Waals surface area contributed by atoms with E-state index >= 15 is 0 Å². The third-order valence-corrected chi connectivity index (χ3v) is 2.72. The number of carbonyl (C=O) groups is 2. The molecule has 1 atom stereocenters. The van der Waals surface area contributed by atoms with E-state index in [1.165, 1.54) is 6.08 Å². The van der Waals surface area contributed by atoms with Crippen molar-refractivity contribution in [3.8, 4) is 0 Å². The van der Waals surface area contributed by atoms with Crippen molar-refractivity contribution >= 4 is 17.9 Å². The minimum atomic E-state index is -0.153. The van der Waals surface area contributed by atoms with Crippen LogP contribution in [0.25, 0.3) is 6.08 Å². The summed E-state index contributed by atoms with van der Waals surface area (Å²) in [4.78, 5) is 26.6. The van der Waals surface area contributed by atoms with Crippen molar-refractivity contribution in [2.75, 3.05) is 6.54 Å². The second-order valence-corrected chi connectivity index (χ2v) is 4.17. The van der Waals surface area contributed by atoms with Gasteiger partial charge in [-0.25, -0.2) is 0 Å². The van der Waals surface area contributed by atoms with Gasteiger partial charge in [-0.2, -0.15) is 0 Å². The summed E-state index contributed by atoms with van der Waals surface area (Å²) < 4.78 is 0. The summed E-state index contributed by atoms with van der Waals surface area (Å²) in [6, 6.07) is 3.71. The van der Waals surface area contributed by atoms with E-state index in [1.807, 2.05) is 12.1 Å². The van der Waals surface area contributed by atoms with E-state index in [1.54, 1.807) is 18.5 Å². The SMILES string of the molecule is O=C(C=Cc1cccnc1)NC1CCC(=O)NC1. The smallest absolute Gasteiger partial charge is 0.244 e. The van der Waals surface area contributed by atoms with Gasteiger partial charge < -0.3 is 10.6 Å². The topological polar surface area (TPSA) is 71.1 Å². The molecule has 0 spiro atoms. The zero-order valence-electron chi connectivity index (χ0n) is 9.93. The summed E-state index contributed by atoms with van der Waals surface area (Å²) >= 11 is 0. The molecule has 2 heterocycles. The fourth-order valence-corrected chi connectivity index (χ4v) is 1.75. The molecule has 0 aliphatic carbocycles. The predicted molar refractivity (Wildman–Crippen MR) is 67.4 cm³/mol. The molecule has 1 unspecified atom stereocenters. The molecule has 5 nitrogen and oxygen atoms in total. The molecular weight excluding hydrogens is 230 g/mol. The summed E-state index contributed by atoms with van der Waals surface area (Å²) in [7, 11) is 0. The van der Waals surface area contributed by atoms with Crippen LogP contribution in [-0.4, -0.2) is 29.4 Å². The van der Waals surface area contributed by atoms with Gasteiger partial charge in [0, 0.05) is 37.5 Å². The fraction of sp³-hybridized carbons (Fsp3) is 0.308. The monoisotopic (exact) mass is 245 g/mol. The molecule has 5 heteroatoms. The number of piperidine rings is 1. The van der Waals surface area contributed by atoms with Crippen molar-refractivity contribution in [3.63, 3.8) is 0 Å². The molecule has 18 heavy (non-hydrogen) atoms. The number of rotatable bonds is 3. The molecule has 1 fully saturated rings. The molecule has 94 valence electrons. The summed E-state index contributed by atoms with van der Waals surface area (Å²) in [6.07, 6.45) is 7.72. The zero-order chi connectivity index (χ0) is 12.8. The van der Waals surface area contributed by atoms with Crippen LogP contribution in [0.4, 0.5) is 0 Å². The van der Waals surface area contributed by atoms with Crippen LogP contribution in [-0.2, 0) is 9.59 Å². The Morgan fingerprint density at radius 1 is 1.56 bits per heavy atom. The van der Waals surface area contributed by atoms with E-state index in [-0.39, 0.29) is 17.9 Å². The Balaban J connectivity index is 1.82. The van der Waals surface area contributed by atoms with E-state index in [0.29, 0.717) is 19.4 Å². The van der Waals surface area contributed by atoms with Crippen molar-refractivity contribution in [2.45, 2.75) is 18.9 Å². The fourth-order valence-electron chi connectivity index (χ4n) is 1.75. The van der Waals surface area contributed by atoms with Crippen LogP contribution in [0.15, 0.2) is 30.6 Å². The number of nitrogens with one attached hydrogen (secondary N) is 2. The average molecular weight is 245 g/mol. The molecule has 0 bridgehead atoms. The van der Waals surface area contributed by atoms with Crippen molar-refractivity contribution in [1.29, 1.82) is 0 Å². The van der Waals surface area contributed by atoms with Crippen LogP contribution in [0.2, 0.25) is 0 Å². The van der Waals surface area contributed by atoms with Gasteiger partial charge in [-0.3, -0.25) is 14.6 Å². The molecule has 0 saturated carbocycles. The Morgan fingerprint density at radius 2 is 2.44 bits per heavy atom. The first kappa shape index (κ1) is 12.3. The Morgan fingerprint density at radius 3 is 3.11 bits per heavy atom. The van der Waals surface area contributed by atoms with Crippen LogP contribution in [0.1, 0.15) is 18.4 Å². The highest BCUT2D eigenvalue weighted by Crippen LogP contribution is 2.03. The molecule has 1 aliphatic heterocycles. The van der Waals surface area contributed by atoms with Crippen LogP contribution in [0, 0.1) is 0 Å². The summed E-state index contributed by atoms with van der Waals surface area (Å²) in [5.74, 6) is -0.105. The normalized spacial score (nSPS) is 19.6. The van der Waals surface area contributed by atoms with Gasteiger partial charge in [0.05, 0.1) is 0 Å². The highest BCUT2D eigenvalue weighted by molar-refractivity contribution is 5.92. The maximum Gasteiger partial charge on any atom is 0.244 e. The number of pyridine rings is 1. The number of nitrogens with zero attached hydrogens (tertiary/aromatic N) is 1. The number of hydrogen-bond donors (Lipinski definition) is 2. The molecule has 1 aliphatic rings. The van der Waals surface area contributed by atoms with Gasteiger partial charge in [0.15, 0.2) is 0 Å². The Labute approximate surface area is 105 Å². The molecular formula is C13H15N3O2. The summed E-state index contributed by atoms with van der Waals surface area (Å²) in [5.41, 5.74) is 0.879. The highest BCUT2D eigenvalue weighted by atomic mass is 16.2. The second-order valence-electron chi connectivity index (χ2n) is 4.17. The molecule has 1 aromatic heterocycles. The lowest BCUT2D eigenvalue weighted by molar-refractivity contribution is -0.124. The van der Waals surface area contributed by atoms with Gasteiger partial charge in [-0.15, -0.1) is 0 Å². The first-order valence-electron chi connectivity index (χ1n) is 5.89. The van der Waals surface area contributed by atoms with E-state index in [9.17, 15) is 9.59 Å². The maximum absolute atomic E-state index is 11.6. The number of aromatic nitrogens is 1. The van der Waals surface area contributed by atoms with Crippen LogP contribution in [0.5, 0.6) is 0 Å². The first-order valence-corrected chi connectivity index (χ1v) is 5.89. The minimum Gasteiger partial charge on any atom is -0.354 e. The molecule has 2 amide bonds. The third-order valence-electron chi connectivity index (χ3n) is 2.72. The summed E-state index contributed by atoms with van der Waals surface area (Å²) in [6.45, 7) is 0.505. The Bertz CT molecular complexity index is 447. The van der Waals surface area contributed by atoms with E-state index in [4.69, 9.17) is 0 Å². The molecule has 2 rings (SSSR count). The third kappa shape index (κ3) is 3.69. The lowest BCUT2D eigenvalue weighted by atomic mass is 10.1. The van der Waals surface area contributed by atoms with Gasteiger partial charge in [0.25, 0.3) is 0 Å². The van der Waals surface area contributed by atoms with E-state index in [2.05, 4.69) is 15.6 Å². The van der Waals surface area contributed by atoms with Gasteiger partial charge in [-0.05, 0) is 24.1 Å². The number of hydrogen-bond acceptors (Lipinski definition) is 3. The molecule has 1 aromatic rings. The first-order chi connectivity index (χ1) is 8.74. The standard InChI is InChI=1S/C13H15N3O2/c17-12-6-4-11(9-15-12)16-13(18)5-3-10-2-1-7-14-8-10/h1-3,5,7-8,11H,4,6,9H2,(H,15,17)(H,16,18). The van der Waals surface area contributed by atoms with E-state index in [0.717, 1.165) is 5.56 Å². The Hall–Kier alpha value is -2.17. The van der Waals surface area contributed by atoms with Gasteiger partial charge in [-0.1, -0.05) is 6.07 Å². The maximum atomic E-state index is 11.6. The van der Waals surface area contributed by atoms with Crippen LogP contribution in [0.3, 0.4) is 0 Å². The lowest BCUT2D eigenvalue weighted by Crippen LogP contribution is -2.47. The number of amides is 2. The largest absolute Gasteiger partial charge is 0.354 e. The van der Waals surface area contributed by atoms with E-state index < -0.39 is 0 Å². The quantitative estimate of drug-likeness (QED) is 0.761. The molecule has 0 aromatic carbocycles. The van der Waals surface area contributed by atoms with Crippen molar-refractivity contribution in [3.05, 3.63) is 36.2 Å². The van der Waals surface area contributed by atoms with Crippen molar-refractivity contribution in [2.24, 2.45) is 0 Å². The van der Waals surface area contributed by atoms with Crippen LogP contribution < -0.4 is 10.6 Å². The summed E-state index contributed by atoms with van der Waals surface area (Å²) in [5, 5.41) is 5.57. The minimum absolute atomic E-state index is 0.0220. The van der Waals surface area contributed by atoms with Crippen molar-refractivity contribution < 1.29 is 9.59 Å². The molecule has 0 radical (unpaired) electrons. The zero-order valence-corrected chi connectivity index (χ0v) is 9.93.